The Balaban J connectivity index is 2.54. The first-order chi connectivity index (χ1) is 40.8. The van der Waals surface area contributed by atoms with Gasteiger partial charge in [0.2, 0.25) is 70.9 Å². The fourth-order valence-corrected chi connectivity index (χ4v) is 7.51. The molecule has 0 aliphatic carbocycles. The number of aliphatic hydroxyl groups is 3. The Bertz CT molecular complexity index is 2190. The first-order valence-electron chi connectivity index (χ1n) is 28.3. The Hall–Kier alpha value is -7.43. The van der Waals surface area contributed by atoms with Gasteiger partial charge < -0.3 is 104 Å². The van der Waals surface area contributed by atoms with E-state index in [9.17, 15) is 72.9 Å². The van der Waals surface area contributed by atoms with Crippen LogP contribution in [0.25, 0.3) is 0 Å². The zero-order valence-corrected chi connectivity index (χ0v) is 48.6. The van der Waals surface area contributed by atoms with Crippen LogP contribution in [0.2, 0.25) is 0 Å². The molecule has 0 spiro atoms. The lowest BCUT2D eigenvalue weighted by molar-refractivity contribution is -0.137. The summed E-state index contributed by atoms with van der Waals surface area (Å²) >= 11 is 0. The standard InChI is InChI=1S/C52H90N14O19/c1-3-5-6-7-8-9-10-11-12-43(72)57-17-19-82-21-23-84-31-45(74)58-18-20-83-22-24-85-32-46(75)59-27-44(73)61-38(28-67)50(79)62-36(14-16-42(54)71)49(78)65-40(30-69)52(81)66-39(29-68)51(80)63-35(13-15-41(53)70)48(77)64-37(47(76)56-4-2)25-34-26-55-33-60-34/h26,33,35-40,67-69H,3-25,27-32H2,1-2H3,(H2,53,70)(H2,54,71)(H,55,60)(H,56,76)(H,57,72)(H,58,74)(H,59,75)(H,61,73)(H,62,79)(H,63,80)(H,64,77)(H,65,78)(H,66,81)/t35?,36?,37?,38-,39?,40?/m1/s1. The monoisotopic (exact) mass is 1210 g/mol. The summed E-state index contributed by atoms with van der Waals surface area (Å²) in [6, 6.07) is -9.97. The van der Waals surface area contributed by atoms with Gasteiger partial charge >= 0.3 is 0 Å². The summed E-state index contributed by atoms with van der Waals surface area (Å²) < 4.78 is 21.3. The molecule has 0 saturated carbocycles. The van der Waals surface area contributed by atoms with Gasteiger partial charge in [-0.1, -0.05) is 51.9 Å². The lowest BCUT2D eigenvalue weighted by atomic mass is 10.1. The Morgan fingerprint density at radius 2 is 0.894 bits per heavy atom. The highest BCUT2D eigenvalue weighted by molar-refractivity contribution is 5.98. The first kappa shape index (κ1) is 75.6. The maximum absolute atomic E-state index is 13.5. The molecule has 85 heavy (non-hydrogen) atoms. The second-order valence-corrected chi connectivity index (χ2v) is 19.2. The molecule has 0 fully saturated rings. The van der Waals surface area contributed by atoms with E-state index in [2.05, 4.69) is 70.1 Å². The van der Waals surface area contributed by atoms with Crippen molar-refractivity contribution in [1.82, 2.24) is 63.1 Å². The fourth-order valence-electron chi connectivity index (χ4n) is 7.51. The average molecular weight is 1220 g/mol. The number of rotatable bonds is 51. The van der Waals surface area contributed by atoms with Crippen molar-refractivity contribution < 1.29 is 91.8 Å². The second-order valence-electron chi connectivity index (χ2n) is 19.2. The van der Waals surface area contributed by atoms with Crippen LogP contribution in [0.5, 0.6) is 0 Å². The van der Waals surface area contributed by atoms with Crippen LogP contribution in [-0.4, -0.2) is 231 Å². The van der Waals surface area contributed by atoms with Gasteiger partial charge in [0.25, 0.3) is 0 Å². The van der Waals surface area contributed by atoms with Gasteiger partial charge in [-0.3, -0.25) is 57.5 Å². The Labute approximate surface area is 493 Å². The summed E-state index contributed by atoms with van der Waals surface area (Å²) in [4.78, 5) is 159. The highest BCUT2D eigenvalue weighted by atomic mass is 16.5. The third-order valence-electron chi connectivity index (χ3n) is 12.1. The summed E-state index contributed by atoms with van der Waals surface area (Å²) in [5.41, 5.74) is 11.0. The van der Waals surface area contributed by atoms with Crippen LogP contribution in [0.4, 0.5) is 0 Å². The number of likely N-dealkylation sites (N-methyl/N-ethyl adjacent to an activating group) is 1. The molecule has 0 saturated heterocycles. The molecular formula is C52H90N14O19. The number of nitrogens with zero attached hydrogens (tertiary/aromatic N) is 1. The van der Waals surface area contributed by atoms with Crippen LogP contribution >= 0.6 is 0 Å². The molecule has 5 unspecified atom stereocenters. The summed E-state index contributed by atoms with van der Waals surface area (Å²) in [7, 11) is 0. The molecule has 482 valence electrons. The SMILES string of the molecule is CCCCCCCCCCC(=O)NCCOCCOCC(=O)NCCOCCOCC(=O)NCC(=O)N[C@H](CO)C(=O)NC(CCC(N)=O)C(=O)NC(CO)C(=O)NC(CO)C(=O)NC(CCC(N)=O)C(=O)NC(Cc1cnc[nH]1)C(=O)NCC. The Morgan fingerprint density at radius 1 is 0.471 bits per heavy atom. The minimum absolute atomic E-state index is 0.00109. The molecule has 12 amide bonds. The van der Waals surface area contributed by atoms with Crippen molar-refractivity contribution in [3.05, 3.63) is 18.2 Å². The van der Waals surface area contributed by atoms with Crippen molar-refractivity contribution in [2.24, 2.45) is 11.5 Å². The third kappa shape index (κ3) is 36.8. The summed E-state index contributed by atoms with van der Waals surface area (Å²) in [6.45, 7) is 0.773. The molecule has 0 aliphatic rings. The highest BCUT2D eigenvalue weighted by Crippen LogP contribution is 2.10. The van der Waals surface area contributed by atoms with Crippen molar-refractivity contribution in [3.63, 3.8) is 0 Å². The van der Waals surface area contributed by atoms with Crippen LogP contribution in [0, 0.1) is 0 Å². The van der Waals surface area contributed by atoms with Gasteiger partial charge in [0.05, 0.1) is 72.3 Å². The van der Waals surface area contributed by atoms with E-state index in [0.29, 0.717) is 25.3 Å². The van der Waals surface area contributed by atoms with Gasteiger partial charge in [-0.05, 0) is 26.2 Å². The van der Waals surface area contributed by atoms with Gasteiger partial charge in [0.1, 0.15) is 49.5 Å². The number of carbonyl (C=O) groups is 12. The summed E-state index contributed by atoms with van der Waals surface area (Å²) in [6.07, 6.45) is 10.7. The van der Waals surface area contributed by atoms with Crippen molar-refractivity contribution in [2.75, 3.05) is 98.9 Å². The predicted molar refractivity (Wildman–Crippen MR) is 300 cm³/mol. The molecule has 0 radical (unpaired) electrons. The molecule has 1 aromatic rings. The maximum Gasteiger partial charge on any atom is 0.246 e. The van der Waals surface area contributed by atoms with Crippen LogP contribution in [-0.2, 0) is 82.9 Å². The summed E-state index contributed by atoms with van der Waals surface area (Å²) in [5.74, 6) is -10.3. The number of primary amides is 2. The van der Waals surface area contributed by atoms with E-state index in [1.54, 1.807) is 6.92 Å². The molecular weight excluding hydrogens is 1120 g/mol. The van der Waals surface area contributed by atoms with Gasteiger partial charge in [0, 0.05) is 57.2 Å². The van der Waals surface area contributed by atoms with E-state index >= 15 is 0 Å². The number of H-pyrrole nitrogens is 1. The number of carbonyl (C=O) groups excluding carboxylic acids is 12. The number of aromatic nitrogens is 2. The number of hydrogen-bond acceptors (Lipinski definition) is 20. The van der Waals surface area contributed by atoms with Crippen LogP contribution < -0.4 is 64.6 Å². The second kappa shape index (κ2) is 46.9. The number of aromatic amines is 1. The van der Waals surface area contributed by atoms with Gasteiger partial charge in [0.15, 0.2) is 0 Å². The highest BCUT2D eigenvalue weighted by Gasteiger charge is 2.34. The van der Waals surface area contributed by atoms with E-state index in [4.69, 9.17) is 30.4 Å². The normalized spacial score (nSPS) is 13.0. The molecule has 0 aromatic carbocycles. The van der Waals surface area contributed by atoms with Gasteiger partial charge in [-0.15, -0.1) is 0 Å². The molecule has 33 nitrogen and oxygen atoms in total. The molecule has 1 heterocycles. The number of imidazole rings is 1. The van der Waals surface area contributed by atoms with E-state index < -0.39 is 148 Å². The number of aliphatic hydroxyl groups excluding tert-OH is 3. The molecule has 0 bridgehead atoms. The topological polar surface area (TPSA) is 503 Å². The minimum Gasteiger partial charge on any atom is -0.394 e. The quantitative estimate of drug-likeness (QED) is 0.0270. The minimum atomic E-state index is -1.90. The smallest absolute Gasteiger partial charge is 0.246 e. The fraction of sp³-hybridized carbons (Fsp3) is 0.712. The molecule has 6 atom stereocenters. The van der Waals surface area contributed by atoms with Crippen molar-refractivity contribution >= 4 is 70.9 Å². The van der Waals surface area contributed by atoms with Gasteiger partial charge in [-0.25, -0.2) is 4.98 Å². The van der Waals surface area contributed by atoms with E-state index in [1.165, 1.54) is 44.6 Å². The number of nitrogens with one attached hydrogen (secondary N) is 11. The molecule has 1 aromatic heterocycles. The van der Waals surface area contributed by atoms with Crippen LogP contribution in [0.1, 0.15) is 103 Å². The Morgan fingerprint density at radius 3 is 1.35 bits per heavy atom. The molecule has 18 N–H and O–H groups in total. The van der Waals surface area contributed by atoms with E-state index in [0.717, 1.165) is 19.3 Å². The predicted octanol–water partition coefficient (Wildman–Crippen LogP) is -6.55. The largest absolute Gasteiger partial charge is 0.394 e. The molecule has 0 aliphatic heterocycles. The number of amides is 12. The Kier molecular flexibility index (Phi) is 41.7. The lowest BCUT2D eigenvalue weighted by Gasteiger charge is -2.26. The van der Waals surface area contributed by atoms with E-state index in [1.807, 2.05) is 0 Å². The average Bonchev–Trinajstić information content (AvgIpc) is 4.08. The van der Waals surface area contributed by atoms with Crippen LogP contribution in [0.15, 0.2) is 12.5 Å². The third-order valence-corrected chi connectivity index (χ3v) is 12.1. The number of hydrogen-bond donors (Lipinski definition) is 16. The molecule has 33 heteroatoms. The molecule has 1 rings (SSSR count). The zero-order chi connectivity index (χ0) is 63.2. The maximum atomic E-state index is 13.5. The number of ether oxygens (including phenoxy) is 4. The van der Waals surface area contributed by atoms with Crippen molar-refractivity contribution in [2.45, 2.75) is 140 Å². The van der Waals surface area contributed by atoms with Crippen molar-refractivity contribution in [1.29, 1.82) is 0 Å². The van der Waals surface area contributed by atoms with E-state index in [-0.39, 0.29) is 77.4 Å². The zero-order valence-electron chi connectivity index (χ0n) is 48.6. The van der Waals surface area contributed by atoms with Gasteiger partial charge in [-0.2, -0.15) is 0 Å². The lowest BCUT2D eigenvalue weighted by Crippen LogP contribution is -2.61. The van der Waals surface area contributed by atoms with Crippen LogP contribution in [0.3, 0.4) is 0 Å². The van der Waals surface area contributed by atoms with Crippen molar-refractivity contribution in [3.8, 4) is 0 Å². The first-order valence-corrected chi connectivity index (χ1v) is 28.3. The number of nitrogens with two attached hydrogens (primary N) is 2. The summed E-state index contributed by atoms with van der Waals surface area (Å²) in [5, 5.41) is 53.7. The number of unbranched alkanes of at least 4 members (excludes halogenated alkanes) is 7.